The van der Waals surface area contributed by atoms with Crippen molar-refractivity contribution in [1.29, 1.82) is 0 Å². The van der Waals surface area contributed by atoms with Crippen molar-refractivity contribution in [3.8, 4) is 11.4 Å². The largest absolute Gasteiger partial charge is 0.472 e. The number of pyridine rings is 1. The summed E-state index contributed by atoms with van der Waals surface area (Å²) in [5.41, 5.74) is 1.40. The molecule has 7 nitrogen and oxygen atoms in total. The molecular weight excluding hydrogens is 317 g/mol. The van der Waals surface area contributed by atoms with Gasteiger partial charge in [0.2, 0.25) is 0 Å². The van der Waals surface area contributed by atoms with Crippen LogP contribution in [0.25, 0.3) is 11.4 Å². The van der Waals surface area contributed by atoms with Gasteiger partial charge in [0.25, 0.3) is 5.87 Å². The fraction of sp³-hybridized carbons (Fsp3) is 0.529. The Morgan fingerprint density at radius 2 is 2.04 bits per heavy atom. The van der Waals surface area contributed by atoms with Crippen molar-refractivity contribution in [2.45, 2.75) is 40.0 Å². The molecule has 0 saturated carbocycles. The maximum absolute atomic E-state index is 12.4. The van der Waals surface area contributed by atoms with Crippen LogP contribution in [-0.4, -0.2) is 57.4 Å². The highest BCUT2D eigenvalue weighted by molar-refractivity contribution is 6.95. The van der Waals surface area contributed by atoms with Crippen LogP contribution >= 0.6 is 0 Å². The predicted molar refractivity (Wildman–Crippen MR) is 98.8 cm³/mol. The van der Waals surface area contributed by atoms with E-state index in [1.165, 1.54) is 0 Å². The van der Waals surface area contributed by atoms with Crippen LogP contribution in [0.3, 0.4) is 0 Å². The van der Waals surface area contributed by atoms with Gasteiger partial charge in [-0.1, -0.05) is 27.2 Å². The summed E-state index contributed by atoms with van der Waals surface area (Å²) < 4.78 is 5.39. The minimum absolute atomic E-state index is 0.254. The number of aromatic amines is 1. The lowest BCUT2D eigenvalue weighted by Gasteiger charge is -2.33. The molecule has 1 N–H and O–H groups in total. The van der Waals surface area contributed by atoms with Crippen LogP contribution in [0.5, 0.6) is 0 Å². The summed E-state index contributed by atoms with van der Waals surface area (Å²) in [5.74, 6) is 0.310. The zero-order valence-corrected chi connectivity index (χ0v) is 15.2. The molecule has 0 unspecified atom stereocenters. The second kappa shape index (κ2) is 9.93. The van der Waals surface area contributed by atoms with Gasteiger partial charge in [-0.05, 0) is 38.1 Å². The minimum atomic E-state index is -0.497. The Balaban J connectivity index is 0.00000109. The molecule has 1 saturated heterocycles. The van der Waals surface area contributed by atoms with Crippen LogP contribution in [0.1, 0.15) is 40.0 Å². The number of H-pyrrole nitrogens is 1. The third kappa shape index (κ3) is 4.88. The summed E-state index contributed by atoms with van der Waals surface area (Å²) in [6.07, 6.45) is 6.34. The third-order valence-corrected chi connectivity index (χ3v) is 3.92. The van der Waals surface area contributed by atoms with Crippen molar-refractivity contribution < 1.29 is 9.53 Å². The van der Waals surface area contributed by atoms with Crippen LogP contribution in [0.2, 0.25) is 0 Å². The van der Waals surface area contributed by atoms with Gasteiger partial charge in [0.1, 0.15) is 5.72 Å². The monoisotopic (exact) mass is 343 g/mol. The molecule has 2 aromatic rings. The fourth-order valence-corrected chi connectivity index (χ4v) is 2.46. The summed E-state index contributed by atoms with van der Waals surface area (Å²) >= 11 is 0. The van der Waals surface area contributed by atoms with Crippen molar-refractivity contribution in [3.63, 3.8) is 0 Å². The van der Waals surface area contributed by atoms with E-state index >= 15 is 0 Å². The van der Waals surface area contributed by atoms with Gasteiger partial charge in [0.15, 0.2) is 5.82 Å². The molecule has 0 spiro atoms. The van der Waals surface area contributed by atoms with Gasteiger partial charge in [0, 0.05) is 18.0 Å². The predicted octanol–water partition coefficient (Wildman–Crippen LogP) is 2.32. The van der Waals surface area contributed by atoms with E-state index in [-0.39, 0.29) is 5.87 Å². The number of ether oxygens (including phenoxy) is 1. The number of unbranched alkanes of at least 4 members (excludes halogenated alkanes) is 1. The number of nitrogens with one attached hydrogen (secondary N) is 1. The second-order valence-corrected chi connectivity index (χ2v) is 5.59. The Kier molecular flexibility index (Phi) is 7.59. The van der Waals surface area contributed by atoms with Gasteiger partial charge in [-0.3, -0.25) is 14.9 Å². The Hall–Kier alpha value is -2.22. The summed E-state index contributed by atoms with van der Waals surface area (Å²) in [5, 5.41) is 7.13. The van der Waals surface area contributed by atoms with Crippen molar-refractivity contribution in [2.24, 2.45) is 0 Å². The SMILES string of the molecule is CC.CCCCOC(=O)B(c1nc(-c2ccncc2)n[nH]1)N1CCC1. The normalized spacial score (nSPS) is 13.4. The molecule has 134 valence electrons. The highest BCUT2D eigenvalue weighted by Gasteiger charge is 2.41. The van der Waals surface area contributed by atoms with Crippen LogP contribution in [0.4, 0.5) is 4.79 Å². The second-order valence-electron chi connectivity index (χ2n) is 5.59. The lowest BCUT2D eigenvalue weighted by Crippen LogP contribution is -2.60. The van der Waals surface area contributed by atoms with Gasteiger partial charge < -0.3 is 9.55 Å². The topological polar surface area (TPSA) is 84.0 Å². The lowest BCUT2D eigenvalue weighted by molar-refractivity contribution is 0.165. The first-order valence-electron chi connectivity index (χ1n) is 9.03. The van der Waals surface area contributed by atoms with E-state index in [9.17, 15) is 4.79 Å². The number of hydrogen-bond acceptors (Lipinski definition) is 6. The molecule has 0 atom stereocenters. The Bertz CT molecular complexity index is 645. The molecule has 2 aromatic heterocycles. The summed E-state index contributed by atoms with van der Waals surface area (Å²) in [4.78, 5) is 23.0. The molecule has 1 aliphatic rings. The van der Waals surface area contributed by atoms with E-state index < -0.39 is 6.85 Å². The number of nitrogens with zero attached hydrogens (tertiary/aromatic N) is 4. The van der Waals surface area contributed by atoms with E-state index in [1.54, 1.807) is 12.4 Å². The minimum Gasteiger partial charge on any atom is -0.472 e. The smallest absolute Gasteiger partial charge is 0.434 e. The average Bonchev–Trinajstić information content (AvgIpc) is 3.10. The number of aromatic nitrogens is 4. The highest BCUT2D eigenvalue weighted by Crippen LogP contribution is 2.13. The first-order valence-corrected chi connectivity index (χ1v) is 9.03. The fourth-order valence-electron chi connectivity index (χ4n) is 2.46. The number of hydrogen-bond donors (Lipinski definition) is 1. The quantitative estimate of drug-likeness (QED) is 0.614. The van der Waals surface area contributed by atoms with Crippen molar-refractivity contribution in [2.75, 3.05) is 19.7 Å². The van der Waals surface area contributed by atoms with Crippen molar-refractivity contribution in [1.82, 2.24) is 25.0 Å². The molecule has 3 heterocycles. The summed E-state index contributed by atoms with van der Waals surface area (Å²) in [7, 11) is 0. The van der Waals surface area contributed by atoms with E-state index in [4.69, 9.17) is 4.74 Å². The van der Waals surface area contributed by atoms with Gasteiger partial charge in [-0.2, -0.15) is 5.10 Å². The zero-order chi connectivity index (χ0) is 18.1. The summed E-state index contributed by atoms with van der Waals surface area (Å²) in [6, 6.07) is 3.68. The number of carbonyl (C=O) groups is 1. The molecule has 0 aliphatic carbocycles. The molecule has 0 bridgehead atoms. The number of carbonyl (C=O) groups excluding carboxylic acids is 1. The first-order chi connectivity index (χ1) is 12.3. The average molecular weight is 343 g/mol. The van der Waals surface area contributed by atoms with Gasteiger partial charge in [-0.25, -0.2) is 4.98 Å². The van der Waals surface area contributed by atoms with Crippen LogP contribution < -0.4 is 5.72 Å². The van der Waals surface area contributed by atoms with E-state index in [0.29, 0.717) is 18.2 Å². The van der Waals surface area contributed by atoms with Crippen LogP contribution in [0, 0.1) is 0 Å². The van der Waals surface area contributed by atoms with Crippen molar-refractivity contribution >= 4 is 18.4 Å². The Morgan fingerprint density at radius 3 is 2.64 bits per heavy atom. The molecule has 0 aromatic carbocycles. The molecule has 0 amide bonds. The molecule has 1 fully saturated rings. The number of rotatable bonds is 7. The molecule has 3 rings (SSSR count). The Labute approximate surface area is 149 Å². The van der Waals surface area contributed by atoms with Gasteiger partial charge in [-0.15, -0.1) is 0 Å². The Morgan fingerprint density at radius 1 is 1.32 bits per heavy atom. The van der Waals surface area contributed by atoms with Crippen LogP contribution in [0.15, 0.2) is 24.5 Å². The molecule has 1 aliphatic heterocycles. The zero-order valence-electron chi connectivity index (χ0n) is 15.2. The van der Waals surface area contributed by atoms with Gasteiger partial charge >= 0.3 is 6.85 Å². The molecular formula is C17H26BN5O2. The van der Waals surface area contributed by atoms with Crippen LogP contribution in [-0.2, 0) is 4.74 Å². The van der Waals surface area contributed by atoms with Gasteiger partial charge in [0.05, 0.1) is 6.61 Å². The maximum atomic E-state index is 12.4. The first kappa shape index (κ1) is 19.1. The maximum Gasteiger partial charge on any atom is 0.434 e. The molecule has 0 radical (unpaired) electrons. The standard InChI is InChI=1S/C15H20BN5O2.C2H6/c1-2-3-11-23-15(22)16(21-9-4-10-21)14-18-13(19-20-14)12-5-7-17-8-6-12;1-2/h5-8H,2-4,9-11H2,1H3,(H,18,19,20);1-2H3. The van der Waals surface area contributed by atoms with Crippen molar-refractivity contribution in [3.05, 3.63) is 24.5 Å². The lowest BCUT2D eigenvalue weighted by atomic mass is 9.57. The van der Waals surface area contributed by atoms with E-state index in [2.05, 4.69) is 31.9 Å². The highest BCUT2D eigenvalue weighted by atomic mass is 16.5. The summed E-state index contributed by atoms with van der Waals surface area (Å²) in [6.45, 7) is 7.77. The van der Waals surface area contributed by atoms with E-state index in [1.807, 2.05) is 26.0 Å². The molecule has 25 heavy (non-hydrogen) atoms. The molecule has 8 heteroatoms. The van der Waals surface area contributed by atoms with E-state index in [0.717, 1.165) is 37.9 Å². The third-order valence-electron chi connectivity index (χ3n) is 3.92.